The topological polar surface area (TPSA) is 53.1 Å². The Morgan fingerprint density at radius 2 is 1.91 bits per heavy atom. The number of thioether (sulfide) groups is 1. The molecular formula is C25H25N3O3S2. The first-order chi connectivity index (χ1) is 15.8. The van der Waals surface area contributed by atoms with Gasteiger partial charge in [-0.25, -0.2) is 0 Å². The zero-order valence-corrected chi connectivity index (χ0v) is 20.4. The smallest absolute Gasteiger partial charge is 0.254 e. The summed E-state index contributed by atoms with van der Waals surface area (Å²) in [6.45, 7) is 4.65. The van der Waals surface area contributed by atoms with Crippen molar-refractivity contribution in [1.29, 1.82) is 0 Å². The molecule has 0 unspecified atom stereocenters. The number of carbonyl (C=O) groups excluding carboxylic acids is 2. The number of likely N-dealkylation sites (tertiary alicyclic amines) is 1. The third-order valence-electron chi connectivity index (χ3n) is 7.17. The average Bonchev–Trinajstić information content (AvgIpc) is 3.33. The Bertz CT molecular complexity index is 1190. The fourth-order valence-electron chi connectivity index (χ4n) is 5.78. The number of thiocarbonyl (C=S) groups is 1. The molecule has 0 aliphatic carbocycles. The number of rotatable bonds is 4. The van der Waals surface area contributed by atoms with Crippen molar-refractivity contribution >= 4 is 45.8 Å². The summed E-state index contributed by atoms with van der Waals surface area (Å²) in [6.07, 6.45) is 1.67. The van der Waals surface area contributed by atoms with Gasteiger partial charge in [-0.3, -0.25) is 19.4 Å². The molecule has 2 saturated heterocycles. The van der Waals surface area contributed by atoms with Gasteiger partial charge in [0.25, 0.3) is 5.91 Å². The molecule has 0 saturated carbocycles. The van der Waals surface area contributed by atoms with Crippen molar-refractivity contribution in [3.05, 3.63) is 72.3 Å². The number of carbonyl (C=O) groups is 2. The molecule has 0 N–H and O–H groups in total. The molecule has 0 bridgehead atoms. The van der Waals surface area contributed by atoms with E-state index in [-0.39, 0.29) is 17.7 Å². The molecule has 0 aromatic heterocycles. The largest absolute Gasteiger partial charge is 0.497 e. The number of methoxy groups -OCH3 is 1. The Kier molecular flexibility index (Phi) is 5.15. The highest BCUT2D eigenvalue weighted by Crippen LogP contribution is 2.66. The van der Waals surface area contributed by atoms with Crippen LogP contribution in [0.25, 0.3) is 0 Å². The zero-order valence-electron chi connectivity index (χ0n) is 18.8. The third kappa shape index (κ3) is 2.62. The number of likely N-dealkylation sites (N-methyl/N-ethyl adjacent to an activating group) is 2. The summed E-state index contributed by atoms with van der Waals surface area (Å²) in [5.41, 5.74) is 1.34. The first kappa shape index (κ1) is 22.1. The van der Waals surface area contributed by atoms with E-state index >= 15 is 0 Å². The second kappa shape index (κ2) is 7.68. The summed E-state index contributed by atoms with van der Waals surface area (Å²) in [6, 6.07) is 15.6. The Hall–Kier alpha value is -2.68. The van der Waals surface area contributed by atoms with E-state index in [2.05, 4.69) is 6.58 Å². The maximum Gasteiger partial charge on any atom is 0.254 e. The molecule has 0 radical (unpaired) electrons. The van der Waals surface area contributed by atoms with Crippen LogP contribution in [0.5, 0.6) is 5.75 Å². The lowest BCUT2D eigenvalue weighted by Gasteiger charge is -2.42. The molecule has 170 valence electrons. The van der Waals surface area contributed by atoms with Crippen molar-refractivity contribution in [1.82, 2.24) is 9.80 Å². The van der Waals surface area contributed by atoms with E-state index < -0.39 is 10.3 Å². The van der Waals surface area contributed by atoms with E-state index in [0.29, 0.717) is 23.2 Å². The van der Waals surface area contributed by atoms with Crippen molar-refractivity contribution in [2.45, 2.75) is 16.2 Å². The molecule has 3 heterocycles. The second-order valence-corrected chi connectivity index (χ2v) is 10.5. The molecule has 33 heavy (non-hydrogen) atoms. The van der Waals surface area contributed by atoms with Gasteiger partial charge in [0.05, 0.1) is 7.11 Å². The van der Waals surface area contributed by atoms with Crippen LogP contribution in [-0.2, 0) is 15.1 Å². The Balaban J connectivity index is 1.84. The van der Waals surface area contributed by atoms with Crippen LogP contribution in [0.3, 0.4) is 0 Å². The zero-order chi connectivity index (χ0) is 23.5. The molecule has 8 heteroatoms. The first-order valence-corrected chi connectivity index (χ1v) is 12.0. The van der Waals surface area contributed by atoms with Crippen LogP contribution < -0.4 is 9.64 Å². The summed E-state index contributed by atoms with van der Waals surface area (Å²) in [7, 11) is 5.30. The fourth-order valence-corrected chi connectivity index (χ4v) is 7.92. The van der Waals surface area contributed by atoms with E-state index in [1.807, 2.05) is 60.5 Å². The van der Waals surface area contributed by atoms with E-state index in [9.17, 15) is 9.59 Å². The minimum Gasteiger partial charge on any atom is -0.497 e. The summed E-state index contributed by atoms with van der Waals surface area (Å²) >= 11 is 7.07. The first-order valence-electron chi connectivity index (χ1n) is 10.7. The molecular weight excluding hydrogens is 454 g/mol. The summed E-state index contributed by atoms with van der Waals surface area (Å²) < 4.78 is 4.84. The van der Waals surface area contributed by atoms with Crippen LogP contribution in [-0.4, -0.2) is 65.0 Å². The summed E-state index contributed by atoms with van der Waals surface area (Å²) in [5, 5.41) is 0. The highest BCUT2D eigenvalue weighted by molar-refractivity contribution is 8.25. The predicted molar refractivity (Wildman–Crippen MR) is 135 cm³/mol. The number of amides is 2. The van der Waals surface area contributed by atoms with Crippen molar-refractivity contribution in [3.63, 3.8) is 0 Å². The molecule has 3 atom stereocenters. The van der Waals surface area contributed by atoms with Crippen molar-refractivity contribution < 1.29 is 14.3 Å². The van der Waals surface area contributed by atoms with Gasteiger partial charge in [0.1, 0.15) is 14.8 Å². The van der Waals surface area contributed by atoms with Gasteiger partial charge < -0.3 is 9.64 Å². The van der Waals surface area contributed by atoms with Crippen LogP contribution in [0.15, 0.2) is 61.2 Å². The number of nitrogens with zero attached hydrogens (tertiary/aromatic N) is 3. The van der Waals surface area contributed by atoms with Gasteiger partial charge >= 0.3 is 0 Å². The van der Waals surface area contributed by atoms with E-state index in [0.717, 1.165) is 16.8 Å². The minimum absolute atomic E-state index is 0.129. The number of ether oxygens (including phenoxy) is 1. The Morgan fingerprint density at radius 1 is 1.18 bits per heavy atom. The monoisotopic (exact) mass is 479 g/mol. The molecule has 3 aliphatic rings. The van der Waals surface area contributed by atoms with Gasteiger partial charge in [-0.15, -0.1) is 6.58 Å². The standard InChI is InChI=1S/C25H25N3O3S2/c1-5-13-28-22(30)25(33-23(28)32)19(16-9-7-6-8-10-16)15-26(2)24(25)18-14-17(31-4)11-12-20(18)27(3)21(24)29/h5-12,14,19H,1,13,15H2,2-4H3/t19-,24+,25+/m0/s1. The molecule has 2 aromatic rings. The van der Waals surface area contributed by atoms with Crippen molar-refractivity contribution in [2.24, 2.45) is 0 Å². The normalized spacial score (nSPS) is 28.9. The molecule has 6 nitrogen and oxygen atoms in total. The van der Waals surface area contributed by atoms with E-state index in [1.54, 1.807) is 30.0 Å². The van der Waals surface area contributed by atoms with Gasteiger partial charge in [-0.05, 0) is 30.8 Å². The van der Waals surface area contributed by atoms with Crippen LogP contribution in [0.4, 0.5) is 5.69 Å². The van der Waals surface area contributed by atoms with Gasteiger partial charge in [0.15, 0.2) is 5.54 Å². The van der Waals surface area contributed by atoms with Crippen molar-refractivity contribution in [2.75, 3.05) is 39.2 Å². The van der Waals surface area contributed by atoms with Crippen LogP contribution in [0.2, 0.25) is 0 Å². The van der Waals surface area contributed by atoms with Crippen LogP contribution in [0.1, 0.15) is 17.0 Å². The van der Waals surface area contributed by atoms with Gasteiger partial charge in [0.2, 0.25) is 5.91 Å². The number of hydrogen-bond acceptors (Lipinski definition) is 6. The highest BCUT2D eigenvalue weighted by Gasteiger charge is 2.78. The SMILES string of the molecule is C=CCN1C(=O)[C@]2(SC1=S)[C@H](c1ccccc1)CN(C)[C@]21C(=O)N(C)c2ccc(OC)cc21. The second-order valence-electron chi connectivity index (χ2n) is 8.61. The molecule has 2 spiro atoms. The highest BCUT2D eigenvalue weighted by atomic mass is 32.2. The molecule has 3 aliphatic heterocycles. The average molecular weight is 480 g/mol. The molecule has 2 aromatic carbocycles. The lowest BCUT2D eigenvalue weighted by molar-refractivity contribution is -0.138. The number of hydrogen-bond donors (Lipinski definition) is 0. The summed E-state index contributed by atoms with van der Waals surface area (Å²) in [4.78, 5) is 33.9. The van der Waals surface area contributed by atoms with E-state index in [1.165, 1.54) is 11.8 Å². The van der Waals surface area contributed by atoms with Gasteiger partial charge in [-0.2, -0.15) is 0 Å². The Morgan fingerprint density at radius 3 is 2.58 bits per heavy atom. The summed E-state index contributed by atoms with van der Waals surface area (Å²) in [5.74, 6) is 0.121. The molecule has 2 amide bonds. The molecule has 2 fully saturated rings. The minimum atomic E-state index is -1.23. The maximum atomic E-state index is 14.4. The molecule has 5 rings (SSSR count). The number of benzene rings is 2. The fraction of sp³-hybridized carbons (Fsp3) is 0.320. The van der Waals surface area contributed by atoms with Gasteiger partial charge in [-0.1, -0.05) is 60.4 Å². The van der Waals surface area contributed by atoms with Crippen LogP contribution >= 0.6 is 24.0 Å². The van der Waals surface area contributed by atoms with E-state index in [4.69, 9.17) is 17.0 Å². The quantitative estimate of drug-likeness (QED) is 0.495. The number of fused-ring (bicyclic) bond motifs is 3. The van der Waals surface area contributed by atoms with Gasteiger partial charge in [0, 0.05) is 37.3 Å². The van der Waals surface area contributed by atoms with Crippen LogP contribution in [0, 0.1) is 0 Å². The lowest BCUT2D eigenvalue weighted by Crippen LogP contribution is -2.62. The van der Waals surface area contributed by atoms with Crippen molar-refractivity contribution in [3.8, 4) is 5.75 Å². The lowest BCUT2D eigenvalue weighted by atomic mass is 9.72. The predicted octanol–water partition coefficient (Wildman–Crippen LogP) is 3.38. The number of anilines is 1. The Labute approximate surface area is 203 Å². The third-order valence-corrected chi connectivity index (χ3v) is 9.11. The maximum absolute atomic E-state index is 14.4.